The molecule has 1 aromatic rings. The molecule has 0 aromatic carbocycles. The molecule has 0 atom stereocenters. The predicted molar refractivity (Wildman–Crippen MR) is 56.8 cm³/mol. The van der Waals surface area contributed by atoms with Crippen molar-refractivity contribution in [1.29, 1.82) is 0 Å². The zero-order valence-electron chi connectivity index (χ0n) is 7.88. The summed E-state index contributed by atoms with van der Waals surface area (Å²) >= 11 is 11.3. The highest BCUT2D eigenvalue weighted by Crippen LogP contribution is 2.15. The normalized spacial score (nSPS) is 11.5. The zero-order chi connectivity index (χ0) is 10.8. The van der Waals surface area contributed by atoms with Crippen LogP contribution in [0.25, 0.3) is 0 Å². The van der Waals surface area contributed by atoms with Gasteiger partial charge in [-0.3, -0.25) is 0 Å². The third kappa shape index (κ3) is 4.09. The number of nitrogens with one attached hydrogen (secondary N) is 1. The first-order valence-electron chi connectivity index (χ1n) is 4.03. The van der Waals surface area contributed by atoms with Gasteiger partial charge >= 0.3 is 0 Å². The maximum Gasteiger partial charge on any atom is 0.225 e. The molecule has 0 aliphatic carbocycles. The van der Waals surface area contributed by atoms with Crippen molar-refractivity contribution in [2.24, 2.45) is 0 Å². The molecule has 1 rings (SSSR count). The minimum absolute atomic E-state index is 0.0794. The topological polar surface area (TPSA) is 58.0 Å². The average molecular weight is 236 g/mol. The highest BCUT2D eigenvalue weighted by Gasteiger charge is 2.12. The Labute approximate surface area is 92.3 Å². The van der Waals surface area contributed by atoms with Crippen LogP contribution in [0.1, 0.15) is 13.8 Å². The molecule has 0 aliphatic rings. The van der Waals surface area contributed by atoms with Crippen molar-refractivity contribution >= 4 is 29.0 Å². The molecule has 0 saturated heterocycles. The molecule has 78 valence electrons. The van der Waals surface area contributed by atoms with Gasteiger partial charge in [-0.2, -0.15) is 0 Å². The van der Waals surface area contributed by atoms with Crippen molar-refractivity contribution in [2.45, 2.75) is 19.4 Å². The van der Waals surface area contributed by atoms with Gasteiger partial charge in [0.05, 0.1) is 5.60 Å². The number of hydrogen-bond acceptors (Lipinski definition) is 4. The molecule has 0 saturated carbocycles. The van der Waals surface area contributed by atoms with Crippen LogP contribution in [0, 0.1) is 0 Å². The van der Waals surface area contributed by atoms with Crippen molar-refractivity contribution in [1.82, 2.24) is 9.97 Å². The van der Waals surface area contributed by atoms with E-state index in [2.05, 4.69) is 15.3 Å². The molecule has 14 heavy (non-hydrogen) atoms. The summed E-state index contributed by atoms with van der Waals surface area (Å²) in [7, 11) is 0. The molecular weight excluding hydrogens is 225 g/mol. The summed E-state index contributed by atoms with van der Waals surface area (Å²) in [6.45, 7) is 3.73. The molecule has 0 amide bonds. The molecule has 0 unspecified atom stereocenters. The molecule has 2 N–H and O–H groups in total. The fourth-order valence-corrected chi connectivity index (χ4v) is 1.20. The van der Waals surface area contributed by atoms with Gasteiger partial charge in [0.15, 0.2) is 0 Å². The SMILES string of the molecule is CC(C)(O)CNc1cc(Cl)nc(Cl)n1. The van der Waals surface area contributed by atoms with Crippen LogP contribution < -0.4 is 5.32 Å². The maximum absolute atomic E-state index is 9.45. The second-order valence-corrected chi connectivity index (χ2v) is 4.24. The van der Waals surface area contributed by atoms with Crippen molar-refractivity contribution in [3.63, 3.8) is 0 Å². The highest BCUT2D eigenvalue weighted by molar-refractivity contribution is 6.32. The number of hydrogen-bond donors (Lipinski definition) is 2. The number of halogens is 2. The van der Waals surface area contributed by atoms with E-state index in [0.29, 0.717) is 12.4 Å². The van der Waals surface area contributed by atoms with Crippen LogP contribution in [0.2, 0.25) is 10.4 Å². The van der Waals surface area contributed by atoms with Crippen LogP contribution >= 0.6 is 23.2 Å². The summed E-state index contributed by atoms with van der Waals surface area (Å²) in [5.41, 5.74) is -0.816. The van der Waals surface area contributed by atoms with Crippen molar-refractivity contribution in [3.8, 4) is 0 Å². The van der Waals surface area contributed by atoms with Gasteiger partial charge in [0.1, 0.15) is 11.0 Å². The number of rotatable bonds is 3. The smallest absolute Gasteiger partial charge is 0.225 e. The lowest BCUT2D eigenvalue weighted by molar-refractivity contribution is 0.0944. The fourth-order valence-electron chi connectivity index (χ4n) is 0.787. The average Bonchev–Trinajstić information content (AvgIpc) is 1.97. The molecule has 1 heterocycles. The van der Waals surface area contributed by atoms with Gasteiger partial charge in [-0.05, 0) is 25.4 Å². The van der Waals surface area contributed by atoms with E-state index in [1.165, 1.54) is 0 Å². The van der Waals surface area contributed by atoms with Crippen molar-refractivity contribution in [3.05, 3.63) is 16.5 Å². The van der Waals surface area contributed by atoms with Gasteiger partial charge in [-0.25, -0.2) is 9.97 Å². The third-order valence-corrected chi connectivity index (χ3v) is 1.73. The van der Waals surface area contributed by atoms with E-state index < -0.39 is 5.60 Å². The maximum atomic E-state index is 9.45. The predicted octanol–water partition coefficient (Wildman–Crippen LogP) is 1.97. The number of anilines is 1. The van der Waals surface area contributed by atoms with Crippen LogP contribution in [-0.4, -0.2) is 27.2 Å². The molecule has 0 bridgehead atoms. The fraction of sp³-hybridized carbons (Fsp3) is 0.500. The van der Waals surface area contributed by atoms with E-state index in [0.717, 1.165) is 0 Å². The second-order valence-electron chi connectivity index (χ2n) is 3.51. The van der Waals surface area contributed by atoms with Gasteiger partial charge in [0.25, 0.3) is 0 Å². The van der Waals surface area contributed by atoms with Crippen molar-refractivity contribution < 1.29 is 5.11 Å². The largest absolute Gasteiger partial charge is 0.389 e. The minimum Gasteiger partial charge on any atom is -0.389 e. The molecule has 0 radical (unpaired) electrons. The zero-order valence-corrected chi connectivity index (χ0v) is 9.39. The van der Waals surface area contributed by atoms with Crippen LogP contribution in [0.5, 0.6) is 0 Å². The summed E-state index contributed by atoms with van der Waals surface area (Å²) in [6.07, 6.45) is 0. The first kappa shape index (κ1) is 11.5. The van der Waals surface area contributed by atoms with Gasteiger partial charge in [0, 0.05) is 12.6 Å². The van der Waals surface area contributed by atoms with Crippen LogP contribution in [0.15, 0.2) is 6.07 Å². The summed E-state index contributed by atoms with van der Waals surface area (Å²) in [5.74, 6) is 0.497. The van der Waals surface area contributed by atoms with Crippen LogP contribution in [0.3, 0.4) is 0 Å². The lowest BCUT2D eigenvalue weighted by atomic mass is 10.1. The minimum atomic E-state index is -0.816. The number of aliphatic hydroxyl groups is 1. The van der Waals surface area contributed by atoms with Crippen LogP contribution in [0.4, 0.5) is 5.82 Å². The van der Waals surface area contributed by atoms with E-state index in [1.54, 1.807) is 19.9 Å². The Morgan fingerprint density at radius 1 is 1.43 bits per heavy atom. The Kier molecular flexibility index (Phi) is 3.53. The van der Waals surface area contributed by atoms with E-state index >= 15 is 0 Å². The van der Waals surface area contributed by atoms with Gasteiger partial charge in [0.2, 0.25) is 5.28 Å². The number of aromatic nitrogens is 2. The van der Waals surface area contributed by atoms with Gasteiger partial charge in [-0.15, -0.1) is 0 Å². The third-order valence-electron chi connectivity index (χ3n) is 1.37. The lowest BCUT2D eigenvalue weighted by Gasteiger charge is -2.17. The summed E-state index contributed by atoms with van der Waals surface area (Å²) < 4.78 is 0. The van der Waals surface area contributed by atoms with E-state index in [1.807, 2.05) is 0 Å². The van der Waals surface area contributed by atoms with E-state index in [-0.39, 0.29) is 10.4 Å². The summed E-state index contributed by atoms with van der Waals surface area (Å²) in [6, 6.07) is 1.54. The molecule has 0 aliphatic heterocycles. The first-order chi connectivity index (χ1) is 6.37. The summed E-state index contributed by atoms with van der Waals surface area (Å²) in [5, 5.41) is 12.7. The first-order valence-corrected chi connectivity index (χ1v) is 4.79. The Balaban J connectivity index is 2.68. The second kappa shape index (κ2) is 4.29. The summed E-state index contributed by atoms with van der Waals surface area (Å²) in [4.78, 5) is 7.58. The Morgan fingerprint density at radius 3 is 2.57 bits per heavy atom. The molecule has 0 spiro atoms. The molecule has 0 fully saturated rings. The van der Waals surface area contributed by atoms with Gasteiger partial charge in [-0.1, -0.05) is 11.6 Å². The quantitative estimate of drug-likeness (QED) is 0.622. The lowest BCUT2D eigenvalue weighted by Crippen LogP contribution is -2.29. The standard InChI is InChI=1S/C8H11Cl2N3O/c1-8(2,14)4-11-6-3-5(9)12-7(10)13-6/h3,14H,4H2,1-2H3,(H,11,12,13). The molecule has 1 aromatic heterocycles. The molecule has 6 heteroatoms. The van der Waals surface area contributed by atoms with Crippen molar-refractivity contribution in [2.75, 3.05) is 11.9 Å². The van der Waals surface area contributed by atoms with Gasteiger partial charge < -0.3 is 10.4 Å². The Morgan fingerprint density at radius 2 is 2.07 bits per heavy atom. The number of nitrogens with zero attached hydrogens (tertiary/aromatic N) is 2. The Bertz CT molecular complexity index is 305. The monoisotopic (exact) mass is 235 g/mol. The molecular formula is C8H11Cl2N3O. The highest BCUT2D eigenvalue weighted by atomic mass is 35.5. The van der Waals surface area contributed by atoms with Crippen LogP contribution in [-0.2, 0) is 0 Å². The molecule has 4 nitrogen and oxygen atoms in total. The van der Waals surface area contributed by atoms with E-state index in [4.69, 9.17) is 23.2 Å². The van der Waals surface area contributed by atoms with E-state index in [9.17, 15) is 5.11 Å². The Hall–Kier alpha value is -0.580.